The van der Waals surface area contributed by atoms with Gasteiger partial charge < -0.3 is 15.2 Å². The number of hydrogen-bond acceptors (Lipinski definition) is 6. The Morgan fingerprint density at radius 1 is 1.25 bits per heavy atom. The van der Waals surface area contributed by atoms with Gasteiger partial charge in [-0.1, -0.05) is 39.5 Å². The van der Waals surface area contributed by atoms with E-state index in [1.807, 2.05) is 0 Å². The summed E-state index contributed by atoms with van der Waals surface area (Å²) in [7, 11) is 1.79. The molecule has 2 aromatic heterocycles. The normalized spacial score (nSPS) is 12.2. The standard InChI is InChI=1S/C19H33N7S2/c1-13(2)11-26-16(24-25-19(26)27-6)8-7-9-21-18(20-5)22-10-17-23-15(12-28-17)14(3)4/h12-14H,7-11H2,1-6H3,(H2,20,21,22). The summed E-state index contributed by atoms with van der Waals surface area (Å²) in [6, 6.07) is 0. The Morgan fingerprint density at radius 3 is 2.64 bits per heavy atom. The van der Waals surface area contributed by atoms with Crippen LogP contribution in [-0.2, 0) is 19.5 Å². The van der Waals surface area contributed by atoms with Crippen molar-refractivity contribution < 1.29 is 0 Å². The van der Waals surface area contributed by atoms with E-state index in [0.717, 1.165) is 53.6 Å². The first-order valence-electron chi connectivity index (χ1n) is 9.79. The van der Waals surface area contributed by atoms with Crippen LogP contribution in [0.15, 0.2) is 15.5 Å². The first kappa shape index (κ1) is 22.7. The van der Waals surface area contributed by atoms with Crippen LogP contribution in [0.4, 0.5) is 0 Å². The summed E-state index contributed by atoms with van der Waals surface area (Å²) in [4.78, 5) is 8.95. The maximum absolute atomic E-state index is 4.65. The highest BCUT2D eigenvalue weighted by atomic mass is 32.2. The van der Waals surface area contributed by atoms with Crippen LogP contribution in [0.1, 0.15) is 56.6 Å². The molecule has 7 nitrogen and oxygen atoms in total. The number of aromatic nitrogens is 4. The molecule has 0 radical (unpaired) electrons. The van der Waals surface area contributed by atoms with Crippen molar-refractivity contribution in [2.24, 2.45) is 10.9 Å². The fourth-order valence-electron chi connectivity index (χ4n) is 2.71. The Morgan fingerprint density at radius 2 is 2.04 bits per heavy atom. The lowest BCUT2D eigenvalue weighted by Crippen LogP contribution is -2.37. The second-order valence-electron chi connectivity index (χ2n) is 7.38. The summed E-state index contributed by atoms with van der Waals surface area (Å²) < 4.78 is 2.25. The van der Waals surface area contributed by atoms with Crippen LogP contribution in [0.25, 0.3) is 0 Å². The zero-order valence-electron chi connectivity index (χ0n) is 17.8. The first-order valence-corrected chi connectivity index (χ1v) is 11.9. The van der Waals surface area contributed by atoms with E-state index in [1.54, 1.807) is 30.1 Å². The molecule has 9 heteroatoms. The van der Waals surface area contributed by atoms with Crippen molar-refractivity contribution in [2.75, 3.05) is 19.8 Å². The van der Waals surface area contributed by atoms with Gasteiger partial charge in [-0.05, 0) is 24.5 Å². The van der Waals surface area contributed by atoms with Crippen LogP contribution in [0.5, 0.6) is 0 Å². The molecular weight excluding hydrogens is 390 g/mol. The number of aliphatic imine (C=N–C) groups is 1. The number of guanidine groups is 1. The molecule has 0 aliphatic rings. The molecule has 0 spiro atoms. The molecule has 28 heavy (non-hydrogen) atoms. The number of thioether (sulfide) groups is 1. The average Bonchev–Trinajstić information content (AvgIpc) is 3.28. The van der Waals surface area contributed by atoms with Crippen molar-refractivity contribution in [3.8, 4) is 0 Å². The van der Waals surface area contributed by atoms with Gasteiger partial charge in [0.05, 0.1) is 12.2 Å². The average molecular weight is 424 g/mol. The van der Waals surface area contributed by atoms with Crippen LogP contribution >= 0.6 is 23.1 Å². The molecular formula is C19H33N7S2. The van der Waals surface area contributed by atoms with E-state index >= 15 is 0 Å². The molecule has 2 aromatic rings. The van der Waals surface area contributed by atoms with Gasteiger partial charge in [0.15, 0.2) is 11.1 Å². The van der Waals surface area contributed by atoms with Gasteiger partial charge in [0.1, 0.15) is 10.8 Å². The summed E-state index contributed by atoms with van der Waals surface area (Å²) in [5, 5.41) is 19.6. The van der Waals surface area contributed by atoms with Gasteiger partial charge in [-0.15, -0.1) is 21.5 Å². The predicted molar refractivity (Wildman–Crippen MR) is 119 cm³/mol. The van der Waals surface area contributed by atoms with E-state index in [4.69, 9.17) is 0 Å². The largest absolute Gasteiger partial charge is 0.356 e. The minimum atomic E-state index is 0.465. The van der Waals surface area contributed by atoms with Crippen LogP contribution in [0.2, 0.25) is 0 Å². The third-order valence-corrected chi connectivity index (χ3v) is 5.72. The molecule has 0 aromatic carbocycles. The first-order chi connectivity index (χ1) is 13.4. The lowest BCUT2D eigenvalue weighted by atomic mass is 10.2. The molecule has 156 valence electrons. The van der Waals surface area contributed by atoms with Crippen molar-refractivity contribution >= 4 is 29.1 Å². The van der Waals surface area contributed by atoms with E-state index in [-0.39, 0.29) is 0 Å². The van der Waals surface area contributed by atoms with E-state index in [0.29, 0.717) is 18.4 Å². The Hall–Kier alpha value is -1.61. The van der Waals surface area contributed by atoms with Gasteiger partial charge in [0.25, 0.3) is 0 Å². The van der Waals surface area contributed by atoms with Gasteiger partial charge in [-0.2, -0.15) is 0 Å². The quantitative estimate of drug-likeness (QED) is 0.263. The number of aryl methyl sites for hydroxylation is 1. The van der Waals surface area contributed by atoms with Gasteiger partial charge >= 0.3 is 0 Å². The second-order valence-corrected chi connectivity index (χ2v) is 9.10. The maximum Gasteiger partial charge on any atom is 0.191 e. The zero-order valence-corrected chi connectivity index (χ0v) is 19.5. The molecule has 0 unspecified atom stereocenters. The van der Waals surface area contributed by atoms with Gasteiger partial charge in [0, 0.05) is 31.9 Å². The molecule has 2 N–H and O–H groups in total. The van der Waals surface area contributed by atoms with Crippen molar-refractivity contribution in [1.29, 1.82) is 0 Å². The van der Waals surface area contributed by atoms with Crippen LogP contribution < -0.4 is 10.6 Å². The Bertz CT molecular complexity index is 749. The van der Waals surface area contributed by atoms with Crippen LogP contribution in [-0.4, -0.2) is 45.6 Å². The lowest BCUT2D eigenvalue weighted by molar-refractivity contribution is 0.477. The third-order valence-electron chi connectivity index (χ3n) is 4.19. The molecule has 0 bridgehead atoms. The van der Waals surface area contributed by atoms with Crippen molar-refractivity contribution in [1.82, 2.24) is 30.4 Å². The smallest absolute Gasteiger partial charge is 0.191 e. The molecule has 0 aliphatic carbocycles. The molecule has 0 saturated carbocycles. The Labute approximate surface area is 176 Å². The van der Waals surface area contributed by atoms with E-state index in [9.17, 15) is 0 Å². The second kappa shape index (κ2) is 11.4. The van der Waals surface area contributed by atoms with E-state index in [2.05, 4.69) is 74.7 Å². The Balaban J connectivity index is 1.78. The van der Waals surface area contributed by atoms with E-state index in [1.165, 1.54) is 0 Å². The van der Waals surface area contributed by atoms with Crippen LogP contribution in [0, 0.1) is 5.92 Å². The molecule has 2 rings (SSSR count). The minimum absolute atomic E-state index is 0.465. The number of thiazole rings is 1. The highest BCUT2D eigenvalue weighted by Gasteiger charge is 2.12. The zero-order chi connectivity index (χ0) is 20.5. The SMILES string of the molecule is CN=C(NCCCc1nnc(SC)n1CC(C)C)NCc1nc(C(C)C)cs1. The van der Waals surface area contributed by atoms with Crippen molar-refractivity contribution in [2.45, 2.75) is 64.7 Å². The van der Waals surface area contributed by atoms with Crippen molar-refractivity contribution in [3.05, 3.63) is 21.9 Å². The van der Waals surface area contributed by atoms with E-state index < -0.39 is 0 Å². The molecule has 2 heterocycles. The molecule has 0 aliphatic heterocycles. The van der Waals surface area contributed by atoms with Crippen LogP contribution in [0.3, 0.4) is 0 Å². The molecule has 0 fully saturated rings. The fraction of sp³-hybridized carbons (Fsp3) is 0.684. The predicted octanol–water partition coefficient (Wildman–Crippen LogP) is 3.53. The molecule has 0 atom stereocenters. The summed E-state index contributed by atoms with van der Waals surface area (Å²) in [5.74, 6) is 2.90. The van der Waals surface area contributed by atoms with Crippen molar-refractivity contribution in [3.63, 3.8) is 0 Å². The monoisotopic (exact) mass is 423 g/mol. The summed E-state index contributed by atoms with van der Waals surface area (Å²) in [6.45, 7) is 11.2. The van der Waals surface area contributed by atoms with Gasteiger partial charge in [-0.25, -0.2) is 4.98 Å². The lowest BCUT2D eigenvalue weighted by Gasteiger charge is -2.13. The number of nitrogens with zero attached hydrogens (tertiary/aromatic N) is 5. The number of rotatable bonds is 10. The Kier molecular flexibility index (Phi) is 9.24. The minimum Gasteiger partial charge on any atom is -0.356 e. The molecule has 0 saturated heterocycles. The van der Waals surface area contributed by atoms with Gasteiger partial charge in [0.2, 0.25) is 0 Å². The molecule has 0 amide bonds. The highest BCUT2D eigenvalue weighted by molar-refractivity contribution is 7.98. The third kappa shape index (κ3) is 6.77. The summed E-state index contributed by atoms with van der Waals surface area (Å²) in [5.41, 5.74) is 1.15. The fourth-order valence-corrected chi connectivity index (χ4v) is 4.13. The topological polar surface area (TPSA) is 80.0 Å². The number of hydrogen-bond donors (Lipinski definition) is 2. The highest BCUT2D eigenvalue weighted by Crippen LogP contribution is 2.18. The summed E-state index contributed by atoms with van der Waals surface area (Å²) >= 11 is 3.34. The summed E-state index contributed by atoms with van der Waals surface area (Å²) in [6.07, 6.45) is 3.92. The maximum atomic E-state index is 4.65. The van der Waals surface area contributed by atoms with Gasteiger partial charge in [-0.3, -0.25) is 4.99 Å². The number of nitrogens with one attached hydrogen (secondary N) is 2.